The van der Waals surface area contributed by atoms with E-state index in [9.17, 15) is 9.59 Å². The number of carbonyl (C=O) groups is 2. The van der Waals surface area contributed by atoms with Crippen LogP contribution >= 0.6 is 11.3 Å². The molecule has 2 heterocycles. The second-order valence-electron chi connectivity index (χ2n) is 7.74. The number of carbonyl (C=O) groups excluding carboxylic acids is 2. The number of fused-ring (bicyclic) bond motifs is 1. The van der Waals surface area contributed by atoms with Gasteiger partial charge in [0, 0.05) is 23.7 Å². The maximum Gasteiger partial charge on any atom is 0.262 e. The maximum atomic E-state index is 12.3. The molecule has 7 nitrogen and oxygen atoms in total. The van der Waals surface area contributed by atoms with Gasteiger partial charge in [0.15, 0.2) is 0 Å². The summed E-state index contributed by atoms with van der Waals surface area (Å²) in [5.41, 5.74) is 9.00. The van der Waals surface area contributed by atoms with Gasteiger partial charge in [0.25, 0.3) is 11.8 Å². The van der Waals surface area contributed by atoms with E-state index >= 15 is 0 Å². The second-order valence-corrected chi connectivity index (χ2v) is 8.80. The first kappa shape index (κ1) is 22.5. The average molecular weight is 463 g/mol. The van der Waals surface area contributed by atoms with Crippen molar-refractivity contribution in [3.63, 3.8) is 0 Å². The predicted octanol–water partition coefficient (Wildman–Crippen LogP) is 3.64. The van der Waals surface area contributed by atoms with Gasteiger partial charge < -0.3 is 9.64 Å². The number of rotatable bonds is 7. The van der Waals surface area contributed by atoms with Crippen LogP contribution in [0.15, 0.2) is 60.0 Å². The van der Waals surface area contributed by atoms with Crippen LogP contribution in [-0.2, 0) is 22.6 Å². The zero-order valence-corrected chi connectivity index (χ0v) is 19.2. The van der Waals surface area contributed by atoms with Crippen LogP contribution in [0.1, 0.15) is 28.2 Å². The van der Waals surface area contributed by atoms with Crippen molar-refractivity contribution in [2.45, 2.75) is 26.4 Å². The fourth-order valence-electron chi connectivity index (χ4n) is 3.64. The number of aromatic nitrogens is 1. The lowest BCUT2D eigenvalue weighted by atomic mass is 10.0. The normalized spacial score (nSPS) is 12.9. The van der Waals surface area contributed by atoms with E-state index in [4.69, 9.17) is 4.74 Å². The third kappa shape index (κ3) is 6.43. The largest absolute Gasteiger partial charge is 0.487 e. The fourth-order valence-corrected chi connectivity index (χ4v) is 4.24. The molecular formula is C25H26N4O3S. The lowest BCUT2D eigenvalue weighted by Gasteiger charge is -2.30. The monoisotopic (exact) mass is 462 g/mol. The molecule has 0 unspecified atom stereocenters. The summed E-state index contributed by atoms with van der Waals surface area (Å²) < 4.78 is 5.72. The van der Waals surface area contributed by atoms with Gasteiger partial charge in [-0.2, -0.15) is 0 Å². The summed E-state index contributed by atoms with van der Waals surface area (Å²) in [5, 5.41) is 3.00. The summed E-state index contributed by atoms with van der Waals surface area (Å²) in [6.45, 7) is 3.40. The highest BCUT2D eigenvalue weighted by molar-refractivity contribution is 7.09. The number of nitrogens with zero attached hydrogens (tertiary/aromatic N) is 2. The Kier molecular flexibility index (Phi) is 7.36. The minimum Gasteiger partial charge on any atom is -0.487 e. The Hall–Kier alpha value is -3.65. The topological polar surface area (TPSA) is 83.6 Å². The second kappa shape index (κ2) is 10.8. The number of amides is 2. The van der Waals surface area contributed by atoms with Crippen LogP contribution in [0.5, 0.6) is 5.75 Å². The van der Waals surface area contributed by atoms with Gasteiger partial charge in [0.1, 0.15) is 12.4 Å². The van der Waals surface area contributed by atoms with Crippen molar-refractivity contribution in [2.75, 3.05) is 18.0 Å². The summed E-state index contributed by atoms with van der Waals surface area (Å²) in [4.78, 5) is 30.8. The highest BCUT2D eigenvalue weighted by atomic mass is 32.1. The van der Waals surface area contributed by atoms with E-state index in [-0.39, 0.29) is 12.5 Å². The number of aryl methyl sites for hydroxylation is 2. The average Bonchev–Trinajstić information content (AvgIpc) is 3.26. The van der Waals surface area contributed by atoms with E-state index in [1.165, 1.54) is 11.6 Å². The van der Waals surface area contributed by atoms with E-state index in [1.807, 2.05) is 59.7 Å². The van der Waals surface area contributed by atoms with Crippen LogP contribution in [0.25, 0.3) is 6.08 Å². The first-order chi connectivity index (χ1) is 16.1. The molecule has 1 aliphatic heterocycles. The highest BCUT2D eigenvalue weighted by Gasteiger charge is 2.18. The quantitative estimate of drug-likeness (QED) is 0.414. The Morgan fingerprint density at radius 3 is 2.76 bits per heavy atom. The number of hydrogen-bond acceptors (Lipinski definition) is 6. The molecule has 0 radical (unpaired) electrons. The molecular weight excluding hydrogens is 436 g/mol. The van der Waals surface area contributed by atoms with Crippen molar-refractivity contribution in [3.8, 4) is 5.75 Å². The van der Waals surface area contributed by atoms with E-state index in [0.717, 1.165) is 47.1 Å². The molecule has 0 bridgehead atoms. The molecule has 4 rings (SSSR count). The molecule has 3 aromatic rings. The number of anilines is 1. The molecule has 0 spiro atoms. The molecule has 0 fully saturated rings. The van der Waals surface area contributed by atoms with Crippen LogP contribution in [0.2, 0.25) is 0 Å². The van der Waals surface area contributed by atoms with Gasteiger partial charge in [0.2, 0.25) is 0 Å². The summed E-state index contributed by atoms with van der Waals surface area (Å²) in [6.07, 6.45) is 5.09. The molecule has 1 aromatic heterocycles. The maximum absolute atomic E-state index is 12.3. The number of benzene rings is 2. The molecule has 1 aliphatic rings. The Bertz CT molecular complexity index is 1140. The number of nitrogens with one attached hydrogen (secondary N) is 2. The molecule has 2 N–H and O–H groups in total. The molecule has 0 atom stereocenters. The summed E-state index contributed by atoms with van der Waals surface area (Å²) in [7, 11) is 0. The number of hydrogen-bond donors (Lipinski definition) is 2. The predicted molar refractivity (Wildman–Crippen MR) is 130 cm³/mol. The van der Waals surface area contributed by atoms with Gasteiger partial charge in [-0.05, 0) is 55.2 Å². The van der Waals surface area contributed by atoms with Crippen molar-refractivity contribution in [1.82, 2.24) is 15.8 Å². The molecule has 8 heteroatoms. The van der Waals surface area contributed by atoms with Gasteiger partial charge in [-0.25, -0.2) is 4.98 Å². The summed E-state index contributed by atoms with van der Waals surface area (Å²) in [5.74, 6) is 0.0701. The van der Waals surface area contributed by atoms with Crippen molar-refractivity contribution in [2.24, 2.45) is 0 Å². The Labute approximate surface area is 197 Å². The van der Waals surface area contributed by atoms with E-state index in [1.54, 1.807) is 17.4 Å². The van der Waals surface area contributed by atoms with Crippen molar-refractivity contribution >= 4 is 34.9 Å². The molecule has 0 aliphatic carbocycles. The number of thiazole rings is 1. The first-order valence-corrected chi connectivity index (χ1v) is 11.7. The van der Waals surface area contributed by atoms with Gasteiger partial charge in [-0.15, -0.1) is 11.3 Å². The van der Waals surface area contributed by atoms with Crippen molar-refractivity contribution < 1.29 is 14.3 Å². The van der Waals surface area contributed by atoms with E-state index in [2.05, 4.69) is 21.9 Å². The Morgan fingerprint density at radius 1 is 1.15 bits per heavy atom. The van der Waals surface area contributed by atoms with E-state index < -0.39 is 5.91 Å². The standard InChI is InChI=1S/C25H26N4O3S/c1-18-26-21(17-33-18)16-32-22-11-8-19(9-12-22)10-13-24(30)27-28-25(31)15-29-14-4-6-20-5-2-3-7-23(20)29/h2-3,5,7-13,17H,4,6,14-16H2,1H3,(H,27,30)(H,28,31)/b13-10+. The zero-order chi connectivity index (χ0) is 23.0. The molecule has 0 saturated heterocycles. The van der Waals surface area contributed by atoms with Crippen LogP contribution < -0.4 is 20.5 Å². The van der Waals surface area contributed by atoms with Gasteiger partial charge in [-0.1, -0.05) is 30.3 Å². The fraction of sp³-hybridized carbons (Fsp3) is 0.240. The van der Waals surface area contributed by atoms with Crippen LogP contribution in [0.4, 0.5) is 5.69 Å². The third-order valence-electron chi connectivity index (χ3n) is 5.23. The van der Waals surface area contributed by atoms with Crippen molar-refractivity contribution in [3.05, 3.63) is 81.8 Å². The van der Waals surface area contributed by atoms with Gasteiger partial charge in [-0.3, -0.25) is 20.4 Å². The summed E-state index contributed by atoms with van der Waals surface area (Å²) >= 11 is 1.60. The minimum absolute atomic E-state index is 0.197. The van der Waals surface area contributed by atoms with Crippen LogP contribution in [0, 0.1) is 6.92 Å². The minimum atomic E-state index is -0.401. The molecule has 0 saturated carbocycles. The van der Waals surface area contributed by atoms with Crippen molar-refractivity contribution in [1.29, 1.82) is 0 Å². The SMILES string of the molecule is Cc1nc(COc2ccc(/C=C/C(=O)NNC(=O)CN3CCCc4ccccc43)cc2)cs1. The number of hydrazine groups is 1. The lowest BCUT2D eigenvalue weighted by Crippen LogP contribution is -2.47. The number of ether oxygens (including phenoxy) is 1. The van der Waals surface area contributed by atoms with Crippen LogP contribution in [0.3, 0.4) is 0 Å². The molecule has 2 amide bonds. The van der Waals surface area contributed by atoms with Gasteiger partial charge >= 0.3 is 0 Å². The van der Waals surface area contributed by atoms with Crippen LogP contribution in [-0.4, -0.2) is 29.9 Å². The Morgan fingerprint density at radius 2 is 1.97 bits per heavy atom. The Balaban J connectivity index is 1.21. The van der Waals surface area contributed by atoms with E-state index in [0.29, 0.717) is 6.61 Å². The zero-order valence-electron chi connectivity index (χ0n) is 18.4. The molecule has 33 heavy (non-hydrogen) atoms. The molecule has 2 aromatic carbocycles. The highest BCUT2D eigenvalue weighted by Crippen LogP contribution is 2.26. The van der Waals surface area contributed by atoms with Gasteiger partial charge in [0.05, 0.1) is 17.2 Å². The lowest BCUT2D eigenvalue weighted by molar-refractivity contribution is -0.125. The summed E-state index contributed by atoms with van der Waals surface area (Å²) in [6, 6.07) is 15.5. The number of para-hydroxylation sites is 1. The first-order valence-electron chi connectivity index (χ1n) is 10.8. The third-order valence-corrected chi connectivity index (χ3v) is 6.05. The smallest absolute Gasteiger partial charge is 0.262 e. The molecule has 170 valence electrons.